The number of benzene rings is 4. The Labute approximate surface area is 153 Å². The van der Waals surface area contributed by atoms with Crippen molar-refractivity contribution in [1.82, 2.24) is 0 Å². The molecule has 4 aromatic rings. The Morgan fingerprint density at radius 2 is 1.27 bits per heavy atom. The molecule has 124 valence electrons. The Hall–Kier alpha value is -3.12. The van der Waals surface area contributed by atoms with Crippen LogP contribution in [-0.4, -0.2) is 0 Å². The molecule has 0 amide bonds. The maximum Gasteiger partial charge on any atom is -0.00299 e. The Bertz CT molecular complexity index is 1210. The second-order valence-corrected chi connectivity index (χ2v) is 6.91. The van der Waals surface area contributed by atoms with Gasteiger partial charge in [0.05, 0.1) is 0 Å². The number of fused-ring (bicyclic) bond motifs is 2. The lowest BCUT2D eigenvalue weighted by Gasteiger charge is -2.13. The molecule has 0 saturated carbocycles. The topological polar surface area (TPSA) is 0 Å². The van der Waals surface area contributed by atoms with E-state index in [1.54, 1.807) is 0 Å². The molecular formula is C26H20. The van der Waals surface area contributed by atoms with Gasteiger partial charge in [0.2, 0.25) is 0 Å². The van der Waals surface area contributed by atoms with Crippen molar-refractivity contribution < 1.29 is 0 Å². The summed E-state index contributed by atoms with van der Waals surface area (Å²) in [7, 11) is 0. The molecule has 0 aliphatic heterocycles. The summed E-state index contributed by atoms with van der Waals surface area (Å²) in [4.78, 5) is 0. The van der Waals surface area contributed by atoms with Crippen LogP contribution in [0.4, 0.5) is 0 Å². The van der Waals surface area contributed by atoms with E-state index < -0.39 is 0 Å². The van der Waals surface area contributed by atoms with E-state index >= 15 is 0 Å². The highest BCUT2D eigenvalue weighted by Crippen LogP contribution is 2.29. The van der Waals surface area contributed by atoms with Crippen molar-refractivity contribution in [2.24, 2.45) is 0 Å². The lowest BCUT2D eigenvalue weighted by atomic mass is 9.91. The highest BCUT2D eigenvalue weighted by molar-refractivity contribution is 5.98. The van der Waals surface area contributed by atoms with Crippen LogP contribution in [0, 0.1) is 0 Å². The van der Waals surface area contributed by atoms with Crippen LogP contribution < -0.4 is 10.4 Å². The SMILES string of the molecule is C1=c2cc3ccccc3c(-c3cccc(-c4ccccc4)c3)c2=CCC1. The minimum atomic E-state index is 1.12. The molecule has 0 heterocycles. The van der Waals surface area contributed by atoms with Gasteiger partial charge in [0, 0.05) is 0 Å². The van der Waals surface area contributed by atoms with Gasteiger partial charge in [0.15, 0.2) is 0 Å². The highest BCUT2D eigenvalue weighted by atomic mass is 14.1. The van der Waals surface area contributed by atoms with Gasteiger partial charge >= 0.3 is 0 Å². The lowest BCUT2D eigenvalue weighted by molar-refractivity contribution is 1.12. The van der Waals surface area contributed by atoms with Gasteiger partial charge < -0.3 is 0 Å². The summed E-state index contributed by atoms with van der Waals surface area (Å²) in [6.45, 7) is 0. The molecule has 5 rings (SSSR count). The van der Waals surface area contributed by atoms with Crippen LogP contribution in [0.3, 0.4) is 0 Å². The molecule has 4 aromatic carbocycles. The van der Waals surface area contributed by atoms with Crippen LogP contribution >= 0.6 is 0 Å². The number of rotatable bonds is 2. The van der Waals surface area contributed by atoms with Gasteiger partial charge in [-0.2, -0.15) is 0 Å². The van der Waals surface area contributed by atoms with Crippen LogP contribution in [0.5, 0.6) is 0 Å². The molecule has 0 fully saturated rings. The van der Waals surface area contributed by atoms with Crippen LogP contribution in [0.25, 0.3) is 45.2 Å². The summed E-state index contributed by atoms with van der Waals surface area (Å²) in [5, 5.41) is 5.41. The monoisotopic (exact) mass is 332 g/mol. The first-order chi connectivity index (χ1) is 12.9. The zero-order chi connectivity index (χ0) is 17.3. The van der Waals surface area contributed by atoms with Gasteiger partial charge in [-0.05, 0) is 68.4 Å². The highest BCUT2D eigenvalue weighted by Gasteiger charge is 2.10. The zero-order valence-electron chi connectivity index (χ0n) is 14.7. The molecule has 1 aliphatic carbocycles. The molecule has 0 bridgehead atoms. The predicted molar refractivity (Wildman–Crippen MR) is 112 cm³/mol. The second-order valence-electron chi connectivity index (χ2n) is 6.91. The van der Waals surface area contributed by atoms with Crippen LogP contribution in [0.2, 0.25) is 0 Å². The summed E-state index contributed by atoms with van der Waals surface area (Å²) in [5.41, 5.74) is 5.20. The Morgan fingerprint density at radius 3 is 2.19 bits per heavy atom. The molecule has 1 aliphatic rings. The van der Waals surface area contributed by atoms with E-state index in [0.29, 0.717) is 0 Å². The minimum absolute atomic E-state index is 1.12. The predicted octanol–water partition coefficient (Wildman–Crippen LogP) is 5.53. The average Bonchev–Trinajstić information content (AvgIpc) is 2.72. The van der Waals surface area contributed by atoms with E-state index in [9.17, 15) is 0 Å². The van der Waals surface area contributed by atoms with E-state index in [1.165, 1.54) is 43.5 Å². The van der Waals surface area contributed by atoms with E-state index in [1.807, 2.05) is 0 Å². The molecule has 0 N–H and O–H groups in total. The largest absolute Gasteiger partial charge is 0.0763 e. The summed E-state index contributed by atoms with van der Waals surface area (Å²) >= 11 is 0. The fourth-order valence-corrected chi connectivity index (χ4v) is 4.04. The maximum atomic E-state index is 2.41. The van der Waals surface area contributed by atoms with Gasteiger partial charge in [0.1, 0.15) is 0 Å². The van der Waals surface area contributed by atoms with Crippen LogP contribution in [0.15, 0.2) is 84.9 Å². The molecule has 0 atom stereocenters. The smallest absolute Gasteiger partial charge is 0.00299 e. The van der Waals surface area contributed by atoms with Gasteiger partial charge in [-0.1, -0.05) is 84.9 Å². The Balaban J connectivity index is 1.83. The molecule has 0 saturated heterocycles. The third-order valence-corrected chi connectivity index (χ3v) is 5.26. The van der Waals surface area contributed by atoms with Gasteiger partial charge in [-0.3, -0.25) is 0 Å². The minimum Gasteiger partial charge on any atom is -0.0763 e. The van der Waals surface area contributed by atoms with Crippen molar-refractivity contribution in [2.75, 3.05) is 0 Å². The van der Waals surface area contributed by atoms with Gasteiger partial charge in [-0.25, -0.2) is 0 Å². The number of hydrogen-bond acceptors (Lipinski definition) is 0. The van der Waals surface area contributed by atoms with E-state index in [-0.39, 0.29) is 0 Å². The summed E-state index contributed by atoms with van der Waals surface area (Å²) < 4.78 is 0. The third-order valence-electron chi connectivity index (χ3n) is 5.26. The molecule has 26 heavy (non-hydrogen) atoms. The normalized spacial score (nSPS) is 12.9. The lowest BCUT2D eigenvalue weighted by Crippen LogP contribution is -2.28. The summed E-state index contributed by atoms with van der Waals surface area (Å²) in [6, 6.07) is 30.7. The maximum absolute atomic E-state index is 2.41. The first kappa shape index (κ1) is 15.2. The fraction of sp³-hybridized carbons (Fsp3) is 0.0769. The summed E-state index contributed by atoms with van der Waals surface area (Å²) in [5.74, 6) is 0. The molecule has 0 radical (unpaired) electrons. The van der Waals surface area contributed by atoms with Crippen molar-refractivity contribution in [3.05, 3.63) is 95.4 Å². The number of hydrogen-bond donors (Lipinski definition) is 0. The third kappa shape index (κ3) is 2.55. The molecule has 0 unspecified atom stereocenters. The first-order valence-electron chi connectivity index (χ1n) is 9.28. The molecule has 0 aromatic heterocycles. The Morgan fingerprint density at radius 1 is 0.538 bits per heavy atom. The zero-order valence-corrected chi connectivity index (χ0v) is 14.7. The Kier molecular flexibility index (Phi) is 3.68. The molecule has 0 nitrogen and oxygen atoms in total. The summed E-state index contributed by atoms with van der Waals surface area (Å²) in [6.07, 6.45) is 7.05. The molecule has 0 heteroatoms. The van der Waals surface area contributed by atoms with E-state index in [0.717, 1.165) is 12.8 Å². The second kappa shape index (κ2) is 6.31. The average molecular weight is 332 g/mol. The first-order valence-corrected chi connectivity index (χ1v) is 9.28. The van der Waals surface area contributed by atoms with Crippen LogP contribution in [-0.2, 0) is 0 Å². The molecular weight excluding hydrogens is 312 g/mol. The van der Waals surface area contributed by atoms with Gasteiger partial charge in [0.25, 0.3) is 0 Å². The van der Waals surface area contributed by atoms with Crippen molar-refractivity contribution in [2.45, 2.75) is 12.8 Å². The van der Waals surface area contributed by atoms with E-state index in [4.69, 9.17) is 0 Å². The van der Waals surface area contributed by atoms with Crippen molar-refractivity contribution in [1.29, 1.82) is 0 Å². The van der Waals surface area contributed by atoms with E-state index in [2.05, 4.69) is 97.1 Å². The standard InChI is InChI=1S/C26H20/c1-2-9-19(10-3-1)20-13-8-14-23(17-20)26-24-15-6-4-11-21(24)18-22-12-5-7-16-25(22)26/h1-4,6,8-18H,5,7H2. The van der Waals surface area contributed by atoms with Crippen molar-refractivity contribution in [3.63, 3.8) is 0 Å². The van der Waals surface area contributed by atoms with Gasteiger partial charge in [-0.15, -0.1) is 0 Å². The van der Waals surface area contributed by atoms with Crippen LogP contribution in [0.1, 0.15) is 12.8 Å². The van der Waals surface area contributed by atoms with Crippen molar-refractivity contribution in [3.8, 4) is 22.3 Å². The van der Waals surface area contributed by atoms with Crippen molar-refractivity contribution >= 4 is 22.9 Å². The fourth-order valence-electron chi connectivity index (χ4n) is 4.04. The quantitative estimate of drug-likeness (QED) is 0.453. The molecule has 0 spiro atoms.